The summed E-state index contributed by atoms with van der Waals surface area (Å²) in [5.41, 5.74) is 0.597. The van der Waals surface area contributed by atoms with Crippen LogP contribution >= 0.6 is 11.8 Å². The number of hydrogen-bond acceptors (Lipinski definition) is 2. The zero-order valence-corrected chi connectivity index (χ0v) is 9.19. The topological polar surface area (TPSA) is 17.1 Å². The lowest BCUT2D eigenvalue weighted by Gasteiger charge is -2.08. The Morgan fingerprint density at radius 1 is 1.33 bits per heavy atom. The van der Waals surface area contributed by atoms with Gasteiger partial charge in [-0.3, -0.25) is 4.79 Å². The third kappa shape index (κ3) is 4.93. The maximum atomic E-state index is 12.5. The SMILES string of the molecule is CC(F)(F)CCSc1ccc(C=O)cc1. The molecule has 1 aromatic carbocycles. The second-order valence-electron chi connectivity index (χ2n) is 3.36. The third-order valence-electron chi connectivity index (χ3n) is 1.83. The lowest BCUT2D eigenvalue weighted by atomic mass is 10.2. The van der Waals surface area contributed by atoms with Gasteiger partial charge in [-0.15, -0.1) is 11.8 Å². The van der Waals surface area contributed by atoms with Crippen molar-refractivity contribution in [2.45, 2.75) is 24.2 Å². The van der Waals surface area contributed by atoms with E-state index in [0.29, 0.717) is 11.3 Å². The normalized spacial score (nSPS) is 11.4. The van der Waals surface area contributed by atoms with Crippen molar-refractivity contribution < 1.29 is 13.6 Å². The molecule has 0 aliphatic carbocycles. The minimum Gasteiger partial charge on any atom is -0.298 e. The van der Waals surface area contributed by atoms with Crippen LogP contribution in [-0.2, 0) is 0 Å². The van der Waals surface area contributed by atoms with Crippen molar-refractivity contribution in [1.29, 1.82) is 0 Å². The summed E-state index contributed by atoms with van der Waals surface area (Å²) in [6.45, 7) is 0.920. The average Bonchev–Trinajstić information content (AvgIpc) is 2.17. The van der Waals surface area contributed by atoms with Gasteiger partial charge in [-0.05, 0) is 19.1 Å². The van der Waals surface area contributed by atoms with E-state index < -0.39 is 5.92 Å². The maximum Gasteiger partial charge on any atom is 0.246 e. The highest BCUT2D eigenvalue weighted by molar-refractivity contribution is 7.99. The fourth-order valence-electron chi connectivity index (χ4n) is 0.991. The Labute approximate surface area is 91.9 Å². The molecule has 0 aliphatic heterocycles. The predicted octanol–water partition coefficient (Wildman–Crippen LogP) is 3.64. The first-order valence-corrected chi connectivity index (χ1v) is 5.56. The largest absolute Gasteiger partial charge is 0.298 e. The first-order chi connectivity index (χ1) is 7.01. The van der Waals surface area contributed by atoms with E-state index in [-0.39, 0.29) is 6.42 Å². The van der Waals surface area contributed by atoms with Crippen LogP contribution in [0.15, 0.2) is 29.2 Å². The Bertz CT molecular complexity index is 316. The van der Waals surface area contributed by atoms with Crippen molar-refractivity contribution in [3.8, 4) is 0 Å². The van der Waals surface area contributed by atoms with E-state index in [9.17, 15) is 13.6 Å². The van der Waals surface area contributed by atoms with Crippen molar-refractivity contribution >= 4 is 18.0 Å². The average molecular weight is 230 g/mol. The lowest BCUT2D eigenvalue weighted by Crippen LogP contribution is -2.10. The molecule has 0 atom stereocenters. The summed E-state index contributed by atoms with van der Waals surface area (Å²) < 4.78 is 25.0. The number of carbonyl (C=O) groups is 1. The molecule has 0 aromatic heterocycles. The Morgan fingerprint density at radius 2 is 1.93 bits per heavy atom. The molecular formula is C11H12F2OS. The van der Waals surface area contributed by atoms with Crippen LogP contribution in [0.25, 0.3) is 0 Å². The van der Waals surface area contributed by atoms with Gasteiger partial charge in [0.05, 0.1) is 0 Å². The quantitative estimate of drug-likeness (QED) is 0.567. The minimum absolute atomic E-state index is 0.132. The fraction of sp³-hybridized carbons (Fsp3) is 0.364. The molecule has 1 rings (SSSR count). The monoisotopic (exact) mass is 230 g/mol. The molecular weight excluding hydrogens is 218 g/mol. The van der Waals surface area contributed by atoms with Crippen LogP contribution in [-0.4, -0.2) is 18.0 Å². The zero-order valence-electron chi connectivity index (χ0n) is 8.37. The minimum atomic E-state index is -2.60. The van der Waals surface area contributed by atoms with E-state index in [1.165, 1.54) is 11.8 Å². The van der Waals surface area contributed by atoms with E-state index in [1.807, 2.05) is 0 Å². The first-order valence-electron chi connectivity index (χ1n) is 4.57. The Kier molecular flexibility index (Phi) is 4.27. The number of alkyl halides is 2. The third-order valence-corrected chi connectivity index (χ3v) is 2.84. The first kappa shape index (κ1) is 12.2. The number of hydrogen-bond donors (Lipinski definition) is 0. The number of aldehydes is 1. The van der Waals surface area contributed by atoms with E-state index in [2.05, 4.69) is 0 Å². The number of benzene rings is 1. The number of carbonyl (C=O) groups excluding carboxylic acids is 1. The molecule has 0 N–H and O–H groups in total. The molecule has 0 aliphatic rings. The van der Waals surface area contributed by atoms with E-state index in [1.54, 1.807) is 24.3 Å². The predicted molar refractivity (Wildman–Crippen MR) is 57.8 cm³/mol. The van der Waals surface area contributed by atoms with E-state index >= 15 is 0 Å². The van der Waals surface area contributed by atoms with Gasteiger partial charge in [-0.1, -0.05) is 12.1 Å². The summed E-state index contributed by atoms with van der Waals surface area (Å²) >= 11 is 1.37. The molecule has 15 heavy (non-hydrogen) atoms. The Hall–Kier alpha value is -0.900. The summed E-state index contributed by atoms with van der Waals surface area (Å²) in [7, 11) is 0. The lowest BCUT2D eigenvalue weighted by molar-refractivity contribution is 0.0194. The van der Waals surface area contributed by atoms with Crippen LogP contribution in [0, 0.1) is 0 Å². The van der Waals surface area contributed by atoms with Gasteiger partial charge in [0.15, 0.2) is 0 Å². The van der Waals surface area contributed by atoms with Gasteiger partial charge in [-0.25, -0.2) is 8.78 Å². The van der Waals surface area contributed by atoms with Gasteiger partial charge in [0.1, 0.15) is 6.29 Å². The molecule has 4 heteroatoms. The van der Waals surface area contributed by atoms with Crippen LogP contribution < -0.4 is 0 Å². The molecule has 0 bridgehead atoms. The van der Waals surface area contributed by atoms with Gasteiger partial charge < -0.3 is 0 Å². The molecule has 0 fully saturated rings. The van der Waals surface area contributed by atoms with Crippen molar-refractivity contribution in [1.82, 2.24) is 0 Å². The molecule has 1 aromatic rings. The molecule has 0 unspecified atom stereocenters. The standard InChI is InChI=1S/C11H12F2OS/c1-11(12,13)6-7-15-10-4-2-9(8-14)3-5-10/h2-5,8H,6-7H2,1H3. The molecule has 0 saturated carbocycles. The molecule has 0 radical (unpaired) electrons. The van der Waals surface area contributed by atoms with Crippen molar-refractivity contribution in [2.24, 2.45) is 0 Å². The van der Waals surface area contributed by atoms with Gasteiger partial charge >= 0.3 is 0 Å². The fourth-order valence-corrected chi connectivity index (χ4v) is 2.02. The molecule has 1 nitrogen and oxygen atoms in total. The number of halogens is 2. The van der Waals surface area contributed by atoms with Gasteiger partial charge in [0, 0.05) is 22.6 Å². The summed E-state index contributed by atoms with van der Waals surface area (Å²) in [6.07, 6.45) is 0.627. The van der Waals surface area contributed by atoms with Crippen LogP contribution in [0.2, 0.25) is 0 Å². The summed E-state index contributed by atoms with van der Waals surface area (Å²) in [5.74, 6) is -2.22. The van der Waals surface area contributed by atoms with Gasteiger partial charge in [-0.2, -0.15) is 0 Å². The maximum absolute atomic E-state index is 12.5. The Morgan fingerprint density at radius 3 is 2.40 bits per heavy atom. The number of rotatable bonds is 5. The van der Waals surface area contributed by atoms with Crippen molar-refractivity contribution in [2.75, 3.05) is 5.75 Å². The smallest absolute Gasteiger partial charge is 0.246 e. The second kappa shape index (κ2) is 5.26. The summed E-state index contributed by atoms with van der Waals surface area (Å²) in [6, 6.07) is 6.89. The van der Waals surface area contributed by atoms with Crippen molar-refractivity contribution in [3.63, 3.8) is 0 Å². The van der Waals surface area contributed by atoms with Gasteiger partial charge in [0.25, 0.3) is 0 Å². The number of thioether (sulfide) groups is 1. The zero-order chi connectivity index (χ0) is 11.3. The Balaban J connectivity index is 2.41. The molecule has 82 valence electrons. The second-order valence-corrected chi connectivity index (χ2v) is 4.52. The van der Waals surface area contributed by atoms with E-state index in [0.717, 1.165) is 18.1 Å². The molecule has 0 heterocycles. The highest BCUT2D eigenvalue weighted by Crippen LogP contribution is 2.24. The molecule has 0 amide bonds. The molecule has 0 spiro atoms. The van der Waals surface area contributed by atoms with E-state index in [4.69, 9.17) is 0 Å². The summed E-state index contributed by atoms with van der Waals surface area (Å²) in [5, 5.41) is 0. The van der Waals surface area contributed by atoms with Gasteiger partial charge in [0.2, 0.25) is 5.92 Å². The highest BCUT2D eigenvalue weighted by Gasteiger charge is 2.19. The summed E-state index contributed by atoms with van der Waals surface area (Å²) in [4.78, 5) is 11.3. The van der Waals surface area contributed by atoms with Crippen LogP contribution in [0.4, 0.5) is 8.78 Å². The van der Waals surface area contributed by atoms with Crippen LogP contribution in [0.1, 0.15) is 23.7 Å². The van der Waals surface area contributed by atoms with Crippen molar-refractivity contribution in [3.05, 3.63) is 29.8 Å². The molecule has 0 saturated heterocycles. The highest BCUT2D eigenvalue weighted by atomic mass is 32.2. The van der Waals surface area contributed by atoms with Crippen LogP contribution in [0.3, 0.4) is 0 Å². The van der Waals surface area contributed by atoms with Crippen LogP contribution in [0.5, 0.6) is 0 Å².